The minimum absolute atomic E-state index is 0.0869. The zero-order valence-electron chi connectivity index (χ0n) is 17.2. The molecule has 10 heteroatoms. The number of amides is 2. The largest absolute Gasteiger partial charge is 0.425 e. The number of alkyl halides is 3. The Labute approximate surface area is 173 Å². The van der Waals surface area contributed by atoms with Crippen LogP contribution in [0.25, 0.3) is 0 Å². The average molecular weight is 430 g/mol. The van der Waals surface area contributed by atoms with Gasteiger partial charge in [0.1, 0.15) is 0 Å². The molecule has 0 radical (unpaired) electrons. The van der Waals surface area contributed by atoms with Crippen molar-refractivity contribution in [2.45, 2.75) is 56.7 Å². The van der Waals surface area contributed by atoms with Crippen LogP contribution in [0, 0.1) is 5.92 Å². The van der Waals surface area contributed by atoms with Crippen LogP contribution in [0.1, 0.15) is 50.8 Å². The van der Waals surface area contributed by atoms with Crippen LogP contribution >= 0.6 is 0 Å². The lowest BCUT2D eigenvalue weighted by Gasteiger charge is -2.36. The van der Waals surface area contributed by atoms with Crippen LogP contribution in [0.5, 0.6) is 0 Å². The van der Waals surface area contributed by atoms with E-state index < -0.39 is 29.9 Å². The van der Waals surface area contributed by atoms with Crippen molar-refractivity contribution < 1.29 is 27.9 Å². The van der Waals surface area contributed by atoms with E-state index in [0.29, 0.717) is 12.8 Å². The van der Waals surface area contributed by atoms with Crippen LogP contribution in [0.4, 0.5) is 13.2 Å². The standard InChI is InChI=1S/C20H29F3N4O3/c1-25-13-8-24-18(25)19(30,20(21,22)23)14-16(28)26-11-6-15(7-12-26)17(29)27-9-4-2-3-5-10-27/h8,13,15,30H,2-7,9-12,14H2,1H3/t19-/m1/s1. The molecule has 0 aliphatic carbocycles. The molecule has 1 aromatic rings. The van der Waals surface area contributed by atoms with Gasteiger partial charge in [0, 0.05) is 51.5 Å². The molecule has 0 aromatic carbocycles. The molecule has 2 aliphatic rings. The fourth-order valence-corrected chi connectivity index (χ4v) is 4.33. The molecule has 0 bridgehead atoms. The van der Waals surface area contributed by atoms with Gasteiger partial charge in [-0.25, -0.2) is 4.98 Å². The second kappa shape index (κ2) is 8.95. The zero-order valence-corrected chi connectivity index (χ0v) is 17.2. The maximum Gasteiger partial charge on any atom is 0.425 e. The van der Waals surface area contributed by atoms with Crippen molar-refractivity contribution in [2.75, 3.05) is 26.2 Å². The summed E-state index contributed by atoms with van der Waals surface area (Å²) in [5.41, 5.74) is -3.36. The van der Waals surface area contributed by atoms with Gasteiger partial charge in [-0.15, -0.1) is 0 Å². The number of aryl methyl sites for hydroxylation is 1. The molecule has 1 atom stereocenters. The van der Waals surface area contributed by atoms with Gasteiger partial charge in [-0.05, 0) is 25.7 Å². The highest BCUT2D eigenvalue weighted by Gasteiger charge is 2.59. The van der Waals surface area contributed by atoms with Crippen molar-refractivity contribution >= 4 is 11.8 Å². The molecule has 7 nitrogen and oxygen atoms in total. The Morgan fingerprint density at radius 1 is 1.07 bits per heavy atom. The summed E-state index contributed by atoms with van der Waals surface area (Å²) in [6.45, 7) is 1.91. The van der Waals surface area contributed by atoms with Gasteiger partial charge in [0.15, 0.2) is 5.82 Å². The van der Waals surface area contributed by atoms with Crippen molar-refractivity contribution in [1.82, 2.24) is 19.4 Å². The number of imidazole rings is 1. The van der Waals surface area contributed by atoms with Gasteiger partial charge in [-0.1, -0.05) is 12.8 Å². The summed E-state index contributed by atoms with van der Waals surface area (Å²) in [4.78, 5) is 32.2. The van der Waals surface area contributed by atoms with Crippen LogP contribution in [0.15, 0.2) is 12.4 Å². The summed E-state index contributed by atoms with van der Waals surface area (Å²) >= 11 is 0. The minimum atomic E-state index is -5.05. The Kier molecular flexibility index (Phi) is 6.74. The maximum absolute atomic E-state index is 13.7. The number of likely N-dealkylation sites (tertiary alicyclic amines) is 2. The van der Waals surface area contributed by atoms with E-state index in [0.717, 1.165) is 49.5 Å². The van der Waals surface area contributed by atoms with Gasteiger partial charge in [-0.2, -0.15) is 13.2 Å². The predicted octanol–water partition coefficient (Wildman–Crippen LogP) is 2.20. The van der Waals surface area contributed by atoms with Gasteiger partial charge in [0.05, 0.1) is 6.42 Å². The number of aliphatic hydroxyl groups is 1. The fourth-order valence-electron chi connectivity index (χ4n) is 4.33. The molecule has 1 N–H and O–H groups in total. The lowest BCUT2D eigenvalue weighted by Crippen LogP contribution is -2.50. The summed E-state index contributed by atoms with van der Waals surface area (Å²) in [5.74, 6) is -1.53. The first-order valence-electron chi connectivity index (χ1n) is 10.5. The highest BCUT2D eigenvalue weighted by Crippen LogP contribution is 2.41. The van der Waals surface area contributed by atoms with Gasteiger partial charge in [0.25, 0.3) is 0 Å². The van der Waals surface area contributed by atoms with Gasteiger partial charge < -0.3 is 19.5 Å². The quantitative estimate of drug-likeness (QED) is 0.795. The number of carbonyl (C=O) groups excluding carboxylic acids is 2. The molecule has 2 fully saturated rings. The van der Waals surface area contributed by atoms with Crippen LogP contribution in [-0.4, -0.2) is 68.6 Å². The Morgan fingerprint density at radius 3 is 2.17 bits per heavy atom. The number of hydrogen-bond donors (Lipinski definition) is 1. The Hall–Kier alpha value is -2.10. The SMILES string of the molecule is Cn1ccnc1[C@](O)(CC(=O)N1CCC(C(=O)N2CCCCCC2)CC1)C(F)(F)F. The zero-order chi connectivity index (χ0) is 21.9. The Bertz CT molecular complexity index is 751. The highest BCUT2D eigenvalue weighted by molar-refractivity contribution is 5.80. The van der Waals surface area contributed by atoms with Crippen molar-refractivity contribution in [1.29, 1.82) is 0 Å². The first-order valence-corrected chi connectivity index (χ1v) is 10.5. The summed E-state index contributed by atoms with van der Waals surface area (Å²) < 4.78 is 42.0. The third-order valence-electron chi connectivity index (χ3n) is 6.18. The molecule has 30 heavy (non-hydrogen) atoms. The van der Waals surface area contributed by atoms with Crippen LogP contribution < -0.4 is 0 Å². The number of carbonyl (C=O) groups is 2. The molecule has 168 valence electrons. The molecule has 2 aliphatic heterocycles. The topological polar surface area (TPSA) is 78.7 Å². The molecule has 1 aromatic heterocycles. The van der Waals surface area contributed by atoms with E-state index in [-0.39, 0.29) is 24.9 Å². The third-order valence-corrected chi connectivity index (χ3v) is 6.18. The van der Waals surface area contributed by atoms with E-state index in [1.165, 1.54) is 18.1 Å². The van der Waals surface area contributed by atoms with E-state index in [1.807, 2.05) is 4.90 Å². The van der Waals surface area contributed by atoms with E-state index >= 15 is 0 Å². The number of piperidine rings is 1. The number of halogens is 3. The Balaban J connectivity index is 1.61. The van der Waals surface area contributed by atoms with E-state index in [9.17, 15) is 27.9 Å². The van der Waals surface area contributed by atoms with Gasteiger partial charge in [0.2, 0.25) is 17.4 Å². The molecular weight excluding hydrogens is 401 g/mol. The van der Waals surface area contributed by atoms with Crippen molar-refractivity contribution in [3.05, 3.63) is 18.2 Å². The monoisotopic (exact) mass is 430 g/mol. The highest BCUT2D eigenvalue weighted by atomic mass is 19.4. The molecule has 0 spiro atoms. The fraction of sp³-hybridized carbons (Fsp3) is 0.750. The Morgan fingerprint density at radius 2 is 1.67 bits per heavy atom. The van der Waals surface area contributed by atoms with Crippen molar-refractivity contribution in [3.8, 4) is 0 Å². The summed E-state index contributed by atoms with van der Waals surface area (Å²) in [6, 6.07) is 0. The number of hydrogen-bond acceptors (Lipinski definition) is 4. The summed E-state index contributed by atoms with van der Waals surface area (Å²) in [6.07, 6.45) is 1.33. The minimum Gasteiger partial charge on any atom is -0.374 e. The first-order chi connectivity index (χ1) is 14.1. The number of rotatable bonds is 4. The summed E-state index contributed by atoms with van der Waals surface area (Å²) in [7, 11) is 1.34. The molecule has 3 rings (SSSR count). The molecule has 0 unspecified atom stereocenters. The van der Waals surface area contributed by atoms with Crippen molar-refractivity contribution in [2.24, 2.45) is 13.0 Å². The van der Waals surface area contributed by atoms with Gasteiger partial charge in [-0.3, -0.25) is 9.59 Å². The molecule has 0 saturated carbocycles. The van der Waals surface area contributed by atoms with Crippen LogP contribution in [0.2, 0.25) is 0 Å². The molecular formula is C20H29F3N4O3. The average Bonchev–Trinajstić information content (AvgIpc) is 2.96. The van der Waals surface area contributed by atoms with Gasteiger partial charge >= 0.3 is 6.18 Å². The molecule has 2 saturated heterocycles. The van der Waals surface area contributed by atoms with Crippen molar-refractivity contribution in [3.63, 3.8) is 0 Å². The third kappa shape index (κ3) is 4.63. The lowest BCUT2D eigenvalue weighted by atomic mass is 9.92. The van der Waals surface area contributed by atoms with Crippen LogP contribution in [0.3, 0.4) is 0 Å². The second-order valence-corrected chi connectivity index (χ2v) is 8.29. The predicted molar refractivity (Wildman–Crippen MR) is 102 cm³/mol. The number of nitrogens with zero attached hydrogens (tertiary/aromatic N) is 4. The lowest BCUT2D eigenvalue weighted by molar-refractivity contribution is -0.272. The summed E-state index contributed by atoms with van der Waals surface area (Å²) in [5, 5.41) is 10.4. The van der Waals surface area contributed by atoms with E-state index in [4.69, 9.17) is 0 Å². The normalized spacial score (nSPS) is 21.2. The van der Waals surface area contributed by atoms with Crippen LogP contribution in [-0.2, 0) is 22.2 Å². The first kappa shape index (κ1) is 22.6. The smallest absolute Gasteiger partial charge is 0.374 e. The molecule has 3 heterocycles. The number of aromatic nitrogens is 2. The molecule has 2 amide bonds. The second-order valence-electron chi connectivity index (χ2n) is 8.29. The maximum atomic E-state index is 13.7. The van der Waals surface area contributed by atoms with E-state index in [1.54, 1.807) is 0 Å². The van der Waals surface area contributed by atoms with E-state index in [2.05, 4.69) is 4.98 Å².